The Labute approximate surface area is 124 Å². The van der Waals surface area contributed by atoms with Gasteiger partial charge in [0.15, 0.2) is 0 Å². The topological polar surface area (TPSA) is 3.24 Å². The molecule has 0 aromatic heterocycles. The number of anilines is 1. The number of hydrogen-bond acceptors (Lipinski definition) is 1. The van der Waals surface area contributed by atoms with Crippen LogP contribution in [0.5, 0.6) is 0 Å². The number of nitrogens with zero attached hydrogens (tertiary/aromatic N) is 1. The lowest BCUT2D eigenvalue weighted by molar-refractivity contribution is 1.13. The van der Waals surface area contributed by atoms with E-state index in [4.69, 9.17) is 0 Å². The van der Waals surface area contributed by atoms with E-state index in [0.717, 1.165) is 5.40 Å². The number of rotatable bonds is 2. The third kappa shape index (κ3) is 2.28. The molecular formula is C17H21NP2. The predicted molar refractivity (Wildman–Crippen MR) is 94.9 cm³/mol. The fourth-order valence-electron chi connectivity index (χ4n) is 2.97. The van der Waals surface area contributed by atoms with Gasteiger partial charge in [0.05, 0.1) is 0 Å². The molecule has 0 aliphatic carbocycles. The van der Waals surface area contributed by atoms with Crippen LogP contribution >= 0.6 is 15.8 Å². The zero-order chi connectivity index (χ0) is 14.3. The lowest BCUT2D eigenvalue weighted by Crippen LogP contribution is -2.18. The molecule has 2 aromatic rings. The Bertz CT molecular complexity index is 610. The highest BCUT2D eigenvalue weighted by Gasteiger charge is 2.36. The van der Waals surface area contributed by atoms with Gasteiger partial charge in [0.25, 0.3) is 0 Å². The van der Waals surface area contributed by atoms with E-state index in [1.165, 1.54) is 11.3 Å². The van der Waals surface area contributed by atoms with Crippen LogP contribution in [0, 0.1) is 0 Å². The van der Waals surface area contributed by atoms with Crippen LogP contribution in [0.15, 0.2) is 48.5 Å². The first kappa shape index (κ1) is 14.1. The van der Waals surface area contributed by atoms with Crippen LogP contribution in [0.4, 0.5) is 5.69 Å². The van der Waals surface area contributed by atoms with E-state index in [2.05, 4.69) is 80.9 Å². The Morgan fingerprint density at radius 1 is 0.850 bits per heavy atom. The molecule has 3 atom stereocenters. The van der Waals surface area contributed by atoms with Crippen molar-refractivity contribution in [2.24, 2.45) is 0 Å². The van der Waals surface area contributed by atoms with Crippen molar-refractivity contribution in [3.05, 3.63) is 54.1 Å². The van der Waals surface area contributed by atoms with Crippen LogP contribution in [0.25, 0.3) is 0 Å². The summed E-state index contributed by atoms with van der Waals surface area (Å²) < 4.78 is 0. The van der Waals surface area contributed by atoms with Gasteiger partial charge in [-0.1, -0.05) is 52.2 Å². The van der Waals surface area contributed by atoms with Crippen LogP contribution in [-0.2, 0) is 0 Å². The van der Waals surface area contributed by atoms with E-state index < -0.39 is 0 Å². The van der Waals surface area contributed by atoms with Crippen molar-refractivity contribution in [3.63, 3.8) is 0 Å². The highest BCUT2D eigenvalue weighted by Crippen LogP contribution is 2.68. The van der Waals surface area contributed by atoms with E-state index >= 15 is 0 Å². The lowest BCUT2D eigenvalue weighted by Gasteiger charge is -2.21. The maximum atomic E-state index is 2.46. The van der Waals surface area contributed by atoms with Crippen molar-refractivity contribution in [3.8, 4) is 0 Å². The zero-order valence-corrected chi connectivity index (χ0v) is 14.3. The first-order valence-corrected chi connectivity index (χ1v) is 10.6. The van der Waals surface area contributed by atoms with Gasteiger partial charge in [-0.2, -0.15) is 0 Å². The van der Waals surface area contributed by atoms with Gasteiger partial charge in [-0.25, -0.2) is 0 Å². The molecule has 1 heterocycles. The first-order valence-electron chi connectivity index (χ1n) is 6.91. The molecule has 1 aliphatic heterocycles. The molecule has 0 radical (unpaired) electrons. The monoisotopic (exact) mass is 301 g/mol. The molecule has 1 aliphatic rings. The van der Waals surface area contributed by atoms with Gasteiger partial charge in [0.2, 0.25) is 0 Å². The molecule has 2 aromatic carbocycles. The van der Waals surface area contributed by atoms with Gasteiger partial charge in [-0.3, -0.25) is 0 Å². The third-order valence-electron chi connectivity index (χ3n) is 4.07. The minimum Gasteiger partial charge on any atom is -0.378 e. The summed E-state index contributed by atoms with van der Waals surface area (Å²) in [5, 5.41) is 3.97. The Hall–Kier alpha value is -0.900. The summed E-state index contributed by atoms with van der Waals surface area (Å²) in [7, 11) is 4.07. The summed E-state index contributed by atoms with van der Waals surface area (Å²) in [6.07, 6.45) is 0. The minimum absolute atomic E-state index is 0.0813. The zero-order valence-electron chi connectivity index (χ0n) is 12.5. The predicted octanol–water partition coefficient (Wildman–Crippen LogP) is 3.94. The summed E-state index contributed by atoms with van der Waals surface area (Å²) >= 11 is 0. The van der Waals surface area contributed by atoms with Crippen molar-refractivity contribution in [2.45, 2.75) is 5.40 Å². The largest absolute Gasteiger partial charge is 0.378 e. The van der Waals surface area contributed by atoms with Crippen molar-refractivity contribution in [1.82, 2.24) is 0 Å². The molecule has 1 nitrogen and oxygen atoms in total. The Balaban J connectivity index is 2.03. The van der Waals surface area contributed by atoms with Gasteiger partial charge in [0.1, 0.15) is 0 Å². The molecule has 0 amide bonds. The van der Waals surface area contributed by atoms with Gasteiger partial charge >= 0.3 is 0 Å². The average Bonchev–Trinajstić information content (AvgIpc) is 2.71. The number of benzene rings is 2. The summed E-state index contributed by atoms with van der Waals surface area (Å²) in [5.41, 5.74) is 2.85. The molecule has 104 valence electrons. The molecule has 3 rings (SSSR count). The minimum atomic E-state index is -0.0988. The Morgan fingerprint density at radius 2 is 1.50 bits per heavy atom. The highest BCUT2D eigenvalue weighted by molar-refractivity contribution is 7.87. The van der Waals surface area contributed by atoms with Crippen LogP contribution in [0.1, 0.15) is 11.0 Å². The summed E-state index contributed by atoms with van der Waals surface area (Å²) in [6.45, 7) is 4.91. The van der Waals surface area contributed by atoms with Crippen molar-refractivity contribution >= 4 is 32.1 Å². The summed E-state index contributed by atoms with van der Waals surface area (Å²) in [6, 6.07) is 18.1. The molecule has 0 bridgehead atoms. The van der Waals surface area contributed by atoms with Crippen LogP contribution in [0.3, 0.4) is 0 Å². The third-order valence-corrected chi connectivity index (χ3v) is 10.7. The quantitative estimate of drug-likeness (QED) is 0.760. The van der Waals surface area contributed by atoms with Crippen molar-refractivity contribution in [1.29, 1.82) is 0 Å². The smallest absolute Gasteiger partial charge is 0.0367 e. The fraction of sp³-hybridized carbons (Fsp3) is 0.294. The van der Waals surface area contributed by atoms with Gasteiger partial charge in [-0.05, 0) is 41.6 Å². The SMILES string of the molecule is CN(C)c1ccc2c(c1)P(C)C(c1ccccc1)P2C. The Morgan fingerprint density at radius 3 is 2.15 bits per heavy atom. The molecule has 20 heavy (non-hydrogen) atoms. The Kier molecular flexibility index (Phi) is 3.85. The maximum Gasteiger partial charge on any atom is 0.0367 e. The molecule has 0 fully saturated rings. The van der Waals surface area contributed by atoms with Gasteiger partial charge in [-0.15, -0.1) is 0 Å². The van der Waals surface area contributed by atoms with E-state index in [1.54, 1.807) is 10.6 Å². The number of fused-ring (bicyclic) bond motifs is 1. The lowest BCUT2D eigenvalue weighted by atomic mass is 10.2. The fourth-order valence-corrected chi connectivity index (χ4v) is 10.0. The van der Waals surface area contributed by atoms with E-state index in [1.807, 2.05) is 0 Å². The molecule has 0 saturated carbocycles. The van der Waals surface area contributed by atoms with Crippen molar-refractivity contribution < 1.29 is 0 Å². The second-order valence-corrected chi connectivity index (χ2v) is 10.4. The second-order valence-electron chi connectivity index (χ2n) is 5.57. The molecule has 0 N–H and O–H groups in total. The molecular weight excluding hydrogens is 280 g/mol. The highest BCUT2D eigenvalue weighted by atomic mass is 31.2. The second kappa shape index (κ2) is 5.47. The van der Waals surface area contributed by atoms with Crippen LogP contribution in [0.2, 0.25) is 0 Å². The average molecular weight is 301 g/mol. The molecule has 0 spiro atoms. The summed E-state index contributed by atoms with van der Waals surface area (Å²) in [5.74, 6) is 0. The standard InChI is InChI=1S/C17H21NP2/c1-18(2)14-10-11-15-16(12-14)20(4)17(19(15)3)13-8-6-5-7-9-13/h5-12,17H,1-4H3. The molecule has 0 saturated heterocycles. The molecule has 3 unspecified atom stereocenters. The number of hydrogen-bond donors (Lipinski definition) is 0. The van der Waals surface area contributed by atoms with Crippen molar-refractivity contribution in [2.75, 3.05) is 32.3 Å². The first-order chi connectivity index (χ1) is 9.59. The van der Waals surface area contributed by atoms with Crippen LogP contribution in [-0.4, -0.2) is 27.4 Å². The van der Waals surface area contributed by atoms with E-state index in [-0.39, 0.29) is 15.8 Å². The van der Waals surface area contributed by atoms with E-state index in [9.17, 15) is 0 Å². The van der Waals surface area contributed by atoms with Crippen LogP contribution < -0.4 is 15.5 Å². The molecule has 3 heteroatoms. The summed E-state index contributed by atoms with van der Waals surface area (Å²) in [4.78, 5) is 2.21. The van der Waals surface area contributed by atoms with E-state index in [0.29, 0.717) is 0 Å². The normalized spacial score (nSPS) is 24.5. The van der Waals surface area contributed by atoms with Gasteiger partial charge in [0, 0.05) is 25.2 Å². The maximum absolute atomic E-state index is 2.46. The van der Waals surface area contributed by atoms with Gasteiger partial charge < -0.3 is 4.90 Å².